The van der Waals surface area contributed by atoms with Crippen molar-refractivity contribution in [2.75, 3.05) is 18.2 Å². The van der Waals surface area contributed by atoms with Crippen molar-refractivity contribution < 1.29 is 9.53 Å². The third-order valence-corrected chi connectivity index (χ3v) is 4.12. The summed E-state index contributed by atoms with van der Waals surface area (Å²) in [6.45, 7) is 1.96. The fourth-order valence-corrected chi connectivity index (χ4v) is 2.97. The average Bonchev–Trinajstić information content (AvgIpc) is 2.86. The van der Waals surface area contributed by atoms with E-state index in [9.17, 15) is 4.79 Å². The second-order valence-corrected chi connectivity index (χ2v) is 5.95. The number of thiazole rings is 1. The number of aromatic nitrogens is 1. The molecule has 22 heavy (non-hydrogen) atoms. The van der Waals surface area contributed by atoms with Gasteiger partial charge in [0.25, 0.3) is 5.91 Å². The number of hydrogen-bond acceptors (Lipinski definition) is 5. The lowest BCUT2D eigenvalue weighted by atomic mass is 10.1. The minimum Gasteiger partial charge on any atom is -0.495 e. The van der Waals surface area contributed by atoms with E-state index in [2.05, 4.69) is 10.3 Å². The molecule has 0 saturated heterocycles. The van der Waals surface area contributed by atoms with E-state index < -0.39 is 0 Å². The molecule has 0 unspecified atom stereocenters. The number of nitrogens with two attached hydrogens (primary N) is 1. The van der Waals surface area contributed by atoms with Crippen molar-refractivity contribution in [1.29, 1.82) is 0 Å². The van der Waals surface area contributed by atoms with Gasteiger partial charge in [0.1, 0.15) is 5.75 Å². The van der Waals surface area contributed by atoms with Gasteiger partial charge in [-0.15, -0.1) is 0 Å². The summed E-state index contributed by atoms with van der Waals surface area (Å²) in [6, 6.07) is 11.0. The van der Waals surface area contributed by atoms with Crippen LogP contribution in [0.4, 0.5) is 10.8 Å². The second-order valence-electron chi connectivity index (χ2n) is 4.89. The summed E-state index contributed by atoms with van der Waals surface area (Å²) in [6.07, 6.45) is 0. The third kappa shape index (κ3) is 2.73. The largest absolute Gasteiger partial charge is 0.495 e. The minimum absolute atomic E-state index is 0.197. The first-order valence-corrected chi connectivity index (χ1v) is 7.50. The number of benzene rings is 2. The lowest BCUT2D eigenvalue weighted by Crippen LogP contribution is -2.12. The lowest BCUT2D eigenvalue weighted by Gasteiger charge is -2.11. The standard InChI is InChI=1S/C16H15N3O2S/c1-9-3-6-13(21-2)12(7-9)18-15(20)10-4-5-11-14(8-10)22-16(17)19-11/h3-8H,1-2H3,(H2,17,19)(H,18,20). The van der Waals surface area contributed by atoms with Crippen molar-refractivity contribution in [2.24, 2.45) is 0 Å². The Balaban J connectivity index is 1.91. The molecule has 3 rings (SSSR count). The maximum Gasteiger partial charge on any atom is 0.255 e. The summed E-state index contributed by atoms with van der Waals surface area (Å²) >= 11 is 1.36. The quantitative estimate of drug-likeness (QED) is 0.776. The molecule has 5 nitrogen and oxygen atoms in total. The molecule has 6 heteroatoms. The molecule has 0 radical (unpaired) electrons. The van der Waals surface area contributed by atoms with Gasteiger partial charge in [0.15, 0.2) is 5.13 Å². The van der Waals surface area contributed by atoms with Crippen LogP contribution in [-0.2, 0) is 0 Å². The van der Waals surface area contributed by atoms with Gasteiger partial charge < -0.3 is 15.8 Å². The van der Waals surface area contributed by atoms with Crippen LogP contribution in [0.25, 0.3) is 10.2 Å². The van der Waals surface area contributed by atoms with Crippen LogP contribution in [0.5, 0.6) is 5.75 Å². The first kappa shape index (κ1) is 14.3. The lowest BCUT2D eigenvalue weighted by molar-refractivity contribution is 0.102. The summed E-state index contributed by atoms with van der Waals surface area (Å²) in [4.78, 5) is 16.6. The van der Waals surface area contributed by atoms with Crippen molar-refractivity contribution >= 4 is 38.3 Å². The Morgan fingerprint density at radius 1 is 1.27 bits per heavy atom. The number of hydrogen-bond donors (Lipinski definition) is 2. The van der Waals surface area contributed by atoms with Crippen molar-refractivity contribution in [2.45, 2.75) is 6.92 Å². The molecule has 0 fully saturated rings. The monoisotopic (exact) mass is 313 g/mol. The first-order valence-electron chi connectivity index (χ1n) is 6.69. The predicted molar refractivity (Wildman–Crippen MR) is 89.7 cm³/mol. The van der Waals surface area contributed by atoms with Crippen LogP contribution in [0.3, 0.4) is 0 Å². The fraction of sp³-hybridized carbons (Fsp3) is 0.125. The highest BCUT2D eigenvalue weighted by atomic mass is 32.1. The number of aryl methyl sites for hydroxylation is 1. The molecule has 0 aliphatic heterocycles. The summed E-state index contributed by atoms with van der Waals surface area (Å²) in [5.41, 5.74) is 8.73. The highest BCUT2D eigenvalue weighted by molar-refractivity contribution is 7.22. The number of fused-ring (bicyclic) bond motifs is 1. The van der Waals surface area contributed by atoms with E-state index in [-0.39, 0.29) is 5.91 Å². The van der Waals surface area contributed by atoms with Gasteiger partial charge in [-0.3, -0.25) is 4.79 Å². The van der Waals surface area contributed by atoms with E-state index in [0.29, 0.717) is 22.1 Å². The molecule has 0 aliphatic rings. The number of carbonyl (C=O) groups is 1. The van der Waals surface area contributed by atoms with E-state index in [4.69, 9.17) is 10.5 Å². The number of nitrogens with one attached hydrogen (secondary N) is 1. The number of nitrogen functional groups attached to an aromatic ring is 1. The number of rotatable bonds is 3. The maximum absolute atomic E-state index is 12.4. The topological polar surface area (TPSA) is 77.2 Å². The van der Waals surface area contributed by atoms with E-state index in [1.54, 1.807) is 25.3 Å². The molecule has 3 N–H and O–H groups in total. The highest BCUT2D eigenvalue weighted by Gasteiger charge is 2.12. The molecule has 1 heterocycles. The van der Waals surface area contributed by atoms with Gasteiger partial charge in [0.2, 0.25) is 0 Å². The molecule has 0 aliphatic carbocycles. The van der Waals surface area contributed by atoms with Gasteiger partial charge >= 0.3 is 0 Å². The van der Waals surface area contributed by atoms with Crippen LogP contribution in [0.2, 0.25) is 0 Å². The highest BCUT2D eigenvalue weighted by Crippen LogP contribution is 2.27. The molecular weight excluding hydrogens is 298 g/mol. The zero-order valence-electron chi connectivity index (χ0n) is 12.2. The third-order valence-electron chi connectivity index (χ3n) is 3.27. The average molecular weight is 313 g/mol. The number of carbonyl (C=O) groups excluding carboxylic acids is 1. The summed E-state index contributed by atoms with van der Waals surface area (Å²) in [5, 5.41) is 3.37. The Morgan fingerprint density at radius 2 is 2.09 bits per heavy atom. The van der Waals surface area contributed by atoms with Gasteiger partial charge in [-0.25, -0.2) is 4.98 Å². The maximum atomic E-state index is 12.4. The van der Waals surface area contributed by atoms with Crippen LogP contribution in [0, 0.1) is 6.92 Å². The fourth-order valence-electron chi connectivity index (χ4n) is 2.20. The van der Waals surface area contributed by atoms with Crippen molar-refractivity contribution in [3.8, 4) is 5.75 Å². The molecule has 3 aromatic rings. The van der Waals surface area contributed by atoms with Gasteiger partial charge in [-0.1, -0.05) is 17.4 Å². The molecule has 112 valence electrons. The predicted octanol–water partition coefficient (Wildman–Crippen LogP) is 3.45. The summed E-state index contributed by atoms with van der Waals surface area (Å²) in [7, 11) is 1.58. The first-order chi connectivity index (χ1) is 10.6. The molecule has 2 aromatic carbocycles. The smallest absolute Gasteiger partial charge is 0.255 e. The van der Waals surface area contributed by atoms with Crippen molar-refractivity contribution in [3.63, 3.8) is 0 Å². The number of methoxy groups -OCH3 is 1. The van der Waals surface area contributed by atoms with Gasteiger partial charge in [0, 0.05) is 5.56 Å². The van der Waals surface area contributed by atoms with Crippen LogP contribution >= 0.6 is 11.3 Å². The Labute approximate surface area is 131 Å². The molecular formula is C16H15N3O2S. The zero-order valence-corrected chi connectivity index (χ0v) is 13.0. The van der Waals surface area contributed by atoms with Gasteiger partial charge in [0.05, 0.1) is 23.0 Å². The zero-order chi connectivity index (χ0) is 15.7. The number of nitrogens with zero attached hydrogens (tertiary/aromatic N) is 1. The molecule has 0 saturated carbocycles. The van der Waals surface area contributed by atoms with Crippen LogP contribution in [0.1, 0.15) is 15.9 Å². The van der Waals surface area contributed by atoms with Crippen molar-refractivity contribution in [1.82, 2.24) is 4.98 Å². The normalized spacial score (nSPS) is 10.6. The van der Waals surface area contributed by atoms with E-state index >= 15 is 0 Å². The Hall–Kier alpha value is -2.60. The number of ether oxygens (including phenoxy) is 1. The SMILES string of the molecule is COc1ccc(C)cc1NC(=O)c1ccc2nc(N)sc2c1. The minimum atomic E-state index is -0.197. The Morgan fingerprint density at radius 3 is 2.86 bits per heavy atom. The number of anilines is 2. The molecule has 1 amide bonds. The molecule has 0 bridgehead atoms. The van der Waals surface area contributed by atoms with Crippen LogP contribution in [-0.4, -0.2) is 18.0 Å². The van der Waals surface area contributed by atoms with Crippen molar-refractivity contribution in [3.05, 3.63) is 47.5 Å². The van der Waals surface area contributed by atoms with Crippen LogP contribution in [0.15, 0.2) is 36.4 Å². The Bertz CT molecular complexity index is 858. The van der Waals surface area contributed by atoms with E-state index in [0.717, 1.165) is 15.8 Å². The summed E-state index contributed by atoms with van der Waals surface area (Å²) in [5.74, 6) is 0.430. The molecule has 0 atom stereocenters. The molecule has 0 spiro atoms. The summed E-state index contributed by atoms with van der Waals surface area (Å²) < 4.78 is 6.16. The second kappa shape index (κ2) is 5.65. The molecule has 1 aromatic heterocycles. The van der Waals surface area contributed by atoms with Gasteiger partial charge in [-0.05, 0) is 42.8 Å². The van der Waals surface area contributed by atoms with E-state index in [1.165, 1.54) is 11.3 Å². The Kier molecular flexibility index (Phi) is 3.68. The van der Waals surface area contributed by atoms with Gasteiger partial charge in [-0.2, -0.15) is 0 Å². The van der Waals surface area contributed by atoms with E-state index in [1.807, 2.05) is 25.1 Å². The number of amides is 1. The van der Waals surface area contributed by atoms with Crippen LogP contribution < -0.4 is 15.8 Å².